The number of hydrogen-bond acceptors (Lipinski definition) is 4. The zero-order chi connectivity index (χ0) is 17.8. The van der Waals surface area contributed by atoms with Crippen molar-refractivity contribution in [2.75, 3.05) is 14.1 Å². The number of nitrogens with zero attached hydrogens (tertiary/aromatic N) is 2. The lowest BCUT2D eigenvalue weighted by molar-refractivity contribution is -0.152. The van der Waals surface area contributed by atoms with E-state index in [2.05, 4.69) is 0 Å². The van der Waals surface area contributed by atoms with E-state index in [4.69, 9.17) is 0 Å². The predicted molar refractivity (Wildman–Crippen MR) is 86.6 cm³/mol. The molecule has 6 heteroatoms. The third-order valence-electron chi connectivity index (χ3n) is 7.83. The van der Waals surface area contributed by atoms with Gasteiger partial charge >= 0.3 is 0 Å². The number of hydrogen-bond donors (Lipinski definition) is 0. The van der Waals surface area contributed by atoms with E-state index in [1.165, 1.54) is 15.4 Å². The second-order valence-electron chi connectivity index (χ2n) is 8.41. The quantitative estimate of drug-likeness (QED) is 0.486. The van der Waals surface area contributed by atoms with Crippen LogP contribution in [0.2, 0.25) is 0 Å². The molecular formula is C19H22N2O4. The van der Waals surface area contributed by atoms with Crippen LogP contribution in [0.1, 0.15) is 32.6 Å². The predicted octanol–water partition coefficient (Wildman–Crippen LogP) is 0.969. The van der Waals surface area contributed by atoms with Crippen molar-refractivity contribution in [3.05, 3.63) is 11.1 Å². The van der Waals surface area contributed by atoms with Gasteiger partial charge in [-0.05, 0) is 26.2 Å². The molecule has 2 heterocycles. The Labute approximate surface area is 146 Å². The molecule has 1 spiro atoms. The van der Waals surface area contributed by atoms with Crippen LogP contribution in [-0.2, 0) is 19.2 Å². The highest BCUT2D eigenvalue weighted by Gasteiger charge is 2.76. The summed E-state index contributed by atoms with van der Waals surface area (Å²) < 4.78 is 0. The van der Waals surface area contributed by atoms with Crippen molar-refractivity contribution in [2.45, 2.75) is 32.6 Å². The minimum atomic E-state index is -0.624. The number of amides is 4. The van der Waals surface area contributed by atoms with Crippen LogP contribution < -0.4 is 0 Å². The molecule has 132 valence electrons. The first-order valence-electron chi connectivity index (χ1n) is 9.17. The average molecular weight is 342 g/mol. The maximum absolute atomic E-state index is 13.0. The Morgan fingerprint density at radius 2 is 1.32 bits per heavy atom. The minimum absolute atomic E-state index is 0.153. The van der Waals surface area contributed by atoms with Crippen LogP contribution >= 0.6 is 0 Å². The minimum Gasteiger partial charge on any atom is -0.285 e. The summed E-state index contributed by atoms with van der Waals surface area (Å²) in [5, 5.41) is 0. The number of likely N-dealkylation sites (tertiary alicyclic amines) is 2. The van der Waals surface area contributed by atoms with E-state index >= 15 is 0 Å². The van der Waals surface area contributed by atoms with Crippen LogP contribution in [0.25, 0.3) is 0 Å². The van der Waals surface area contributed by atoms with E-state index in [-0.39, 0.29) is 29.5 Å². The largest absolute Gasteiger partial charge is 0.285 e. The second kappa shape index (κ2) is 4.40. The van der Waals surface area contributed by atoms with Gasteiger partial charge in [-0.15, -0.1) is 0 Å². The van der Waals surface area contributed by atoms with Crippen LogP contribution in [0, 0.1) is 35.0 Å². The van der Waals surface area contributed by atoms with Gasteiger partial charge in [0.15, 0.2) is 0 Å². The van der Waals surface area contributed by atoms with E-state index in [0.717, 1.165) is 31.3 Å². The summed E-state index contributed by atoms with van der Waals surface area (Å²) in [5.41, 5.74) is 1.69. The zero-order valence-electron chi connectivity index (χ0n) is 14.7. The number of allylic oxidation sites excluding steroid dienone is 2. The SMILES string of the molecule is CC1=C2CCCCC23[C@@H]2C(=O)N(C)C(=O)[C@@H]2C1[C@@H]1C(=O)N(C)C(=O)[C@@H]13. The van der Waals surface area contributed by atoms with E-state index < -0.39 is 29.1 Å². The summed E-state index contributed by atoms with van der Waals surface area (Å²) in [6, 6.07) is 0. The van der Waals surface area contributed by atoms with Gasteiger partial charge < -0.3 is 0 Å². The lowest BCUT2D eigenvalue weighted by Gasteiger charge is -2.60. The Hall–Kier alpha value is -1.98. The molecule has 6 aliphatic rings. The fraction of sp³-hybridized carbons (Fsp3) is 0.684. The Balaban J connectivity index is 1.83. The molecule has 4 aliphatic carbocycles. The van der Waals surface area contributed by atoms with Crippen LogP contribution in [0.5, 0.6) is 0 Å². The first-order valence-corrected chi connectivity index (χ1v) is 9.17. The van der Waals surface area contributed by atoms with Crippen LogP contribution in [0.3, 0.4) is 0 Å². The van der Waals surface area contributed by atoms with Crippen molar-refractivity contribution in [3.8, 4) is 0 Å². The topological polar surface area (TPSA) is 74.8 Å². The molecule has 0 aromatic carbocycles. The molecule has 0 radical (unpaired) electrons. The van der Waals surface area contributed by atoms with Crippen LogP contribution in [0.4, 0.5) is 0 Å². The fourth-order valence-electron chi connectivity index (χ4n) is 6.99. The van der Waals surface area contributed by atoms with Crippen molar-refractivity contribution in [1.29, 1.82) is 0 Å². The number of rotatable bonds is 0. The molecule has 2 aliphatic heterocycles. The molecule has 4 fully saturated rings. The zero-order valence-corrected chi connectivity index (χ0v) is 14.7. The number of carbonyl (C=O) groups excluding carboxylic acids is 4. The lowest BCUT2D eigenvalue weighted by Crippen LogP contribution is -2.61. The standard InChI is InChI=1S/C19H22N2O4/c1-8-9-6-4-5-7-19(9)13-11(15(22)20(2)17(13)24)10(8)12-14(19)18(25)21(3)16(12)23/h10-14H,4-7H2,1-3H3/t10?,11-,12+,13+,14-,19?. The summed E-state index contributed by atoms with van der Waals surface area (Å²) in [5.74, 6) is -2.80. The Kier molecular flexibility index (Phi) is 2.69. The van der Waals surface area contributed by atoms with E-state index in [1.54, 1.807) is 14.1 Å². The lowest BCUT2D eigenvalue weighted by atomic mass is 9.40. The molecule has 4 amide bonds. The van der Waals surface area contributed by atoms with E-state index in [1.807, 2.05) is 6.92 Å². The van der Waals surface area contributed by atoms with E-state index in [0.29, 0.717) is 0 Å². The molecule has 0 N–H and O–H groups in total. The smallest absolute Gasteiger partial charge is 0.233 e. The first-order chi connectivity index (χ1) is 11.8. The number of carbonyl (C=O) groups is 4. The molecule has 2 unspecified atom stereocenters. The van der Waals surface area contributed by atoms with Gasteiger partial charge in [0.25, 0.3) is 0 Å². The van der Waals surface area contributed by atoms with Gasteiger partial charge in [-0.1, -0.05) is 17.6 Å². The van der Waals surface area contributed by atoms with Gasteiger partial charge in [-0.2, -0.15) is 0 Å². The van der Waals surface area contributed by atoms with Gasteiger partial charge in [-0.25, -0.2) is 0 Å². The molecular weight excluding hydrogens is 320 g/mol. The molecule has 6 atom stereocenters. The van der Waals surface area contributed by atoms with Crippen molar-refractivity contribution in [3.63, 3.8) is 0 Å². The number of imide groups is 2. The van der Waals surface area contributed by atoms with Crippen LogP contribution in [0.15, 0.2) is 11.1 Å². The third kappa shape index (κ3) is 1.38. The molecule has 2 saturated heterocycles. The Bertz CT molecular complexity index is 751. The molecule has 6 nitrogen and oxygen atoms in total. The maximum Gasteiger partial charge on any atom is 0.233 e. The van der Waals surface area contributed by atoms with Gasteiger partial charge in [0.1, 0.15) is 0 Å². The van der Waals surface area contributed by atoms with Crippen molar-refractivity contribution in [1.82, 2.24) is 9.80 Å². The van der Waals surface area contributed by atoms with Crippen molar-refractivity contribution >= 4 is 23.6 Å². The molecule has 0 aromatic rings. The Morgan fingerprint density at radius 3 is 1.84 bits per heavy atom. The van der Waals surface area contributed by atoms with Gasteiger partial charge in [0, 0.05) is 25.4 Å². The summed E-state index contributed by atoms with van der Waals surface area (Å²) in [6.45, 7) is 2.03. The van der Waals surface area contributed by atoms with Gasteiger partial charge in [0.2, 0.25) is 23.6 Å². The highest BCUT2D eigenvalue weighted by Crippen LogP contribution is 2.71. The normalized spacial score (nSPS) is 45.3. The monoisotopic (exact) mass is 342 g/mol. The molecule has 2 bridgehead atoms. The first kappa shape index (κ1) is 15.3. The van der Waals surface area contributed by atoms with E-state index in [9.17, 15) is 19.2 Å². The Morgan fingerprint density at radius 1 is 0.800 bits per heavy atom. The van der Waals surface area contributed by atoms with Crippen molar-refractivity contribution < 1.29 is 19.2 Å². The summed E-state index contributed by atoms with van der Waals surface area (Å²) in [7, 11) is 3.09. The highest BCUT2D eigenvalue weighted by molar-refractivity contribution is 6.11. The summed E-state index contributed by atoms with van der Waals surface area (Å²) >= 11 is 0. The summed E-state index contributed by atoms with van der Waals surface area (Å²) in [6.07, 6.45) is 3.59. The molecule has 2 saturated carbocycles. The fourth-order valence-corrected chi connectivity index (χ4v) is 6.99. The average Bonchev–Trinajstić information content (AvgIpc) is 2.98. The maximum atomic E-state index is 13.0. The van der Waals surface area contributed by atoms with Crippen LogP contribution in [-0.4, -0.2) is 47.5 Å². The molecule has 25 heavy (non-hydrogen) atoms. The van der Waals surface area contributed by atoms with Crippen molar-refractivity contribution in [2.24, 2.45) is 35.0 Å². The van der Waals surface area contributed by atoms with Gasteiger partial charge in [-0.3, -0.25) is 29.0 Å². The third-order valence-corrected chi connectivity index (χ3v) is 7.83. The summed E-state index contributed by atoms with van der Waals surface area (Å²) in [4.78, 5) is 54.3. The molecule has 6 rings (SSSR count). The molecule has 0 aromatic heterocycles. The van der Waals surface area contributed by atoms with Gasteiger partial charge in [0.05, 0.1) is 23.7 Å². The highest BCUT2D eigenvalue weighted by atomic mass is 16.2. The second-order valence-corrected chi connectivity index (χ2v) is 8.41.